The van der Waals surface area contributed by atoms with E-state index in [1.54, 1.807) is 24.3 Å². The number of aromatic nitrogens is 2. The number of rotatable bonds is 9. The molecular formula is C17H22N4O4. The maximum atomic E-state index is 12.1. The molecule has 0 bridgehead atoms. The van der Waals surface area contributed by atoms with E-state index in [-0.39, 0.29) is 31.3 Å². The molecule has 2 amide bonds. The lowest BCUT2D eigenvalue weighted by molar-refractivity contribution is -0.118. The topological polar surface area (TPSA) is 120 Å². The van der Waals surface area contributed by atoms with Gasteiger partial charge in [0.1, 0.15) is 5.75 Å². The van der Waals surface area contributed by atoms with Crippen molar-refractivity contribution in [3.8, 4) is 5.75 Å². The second-order valence-corrected chi connectivity index (χ2v) is 5.81. The number of anilines is 1. The Morgan fingerprint density at radius 1 is 1.28 bits per heavy atom. The highest BCUT2D eigenvalue weighted by atomic mass is 16.5. The van der Waals surface area contributed by atoms with E-state index in [1.807, 2.05) is 13.8 Å². The van der Waals surface area contributed by atoms with Gasteiger partial charge in [0, 0.05) is 18.8 Å². The third kappa shape index (κ3) is 5.91. The van der Waals surface area contributed by atoms with Gasteiger partial charge in [-0.15, -0.1) is 0 Å². The van der Waals surface area contributed by atoms with Gasteiger partial charge in [0.2, 0.25) is 17.7 Å². The van der Waals surface area contributed by atoms with Gasteiger partial charge in [0.05, 0.1) is 18.7 Å². The number of amides is 2. The van der Waals surface area contributed by atoms with Gasteiger partial charge in [-0.05, 0) is 12.1 Å². The van der Waals surface area contributed by atoms with Crippen molar-refractivity contribution in [2.24, 2.45) is 5.73 Å². The number of aryl methyl sites for hydroxylation is 1. The molecule has 0 aliphatic rings. The highest BCUT2D eigenvalue weighted by Gasteiger charge is 2.13. The van der Waals surface area contributed by atoms with Gasteiger partial charge in [-0.2, -0.15) is 4.98 Å². The first-order chi connectivity index (χ1) is 12.0. The normalized spacial score (nSPS) is 10.7. The zero-order valence-electron chi connectivity index (χ0n) is 14.3. The predicted octanol–water partition coefficient (Wildman–Crippen LogP) is 2.02. The summed E-state index contributed by atoms with van der Waals surface area (Å²) in [5, 5.41) is 6.64. The minimum atomic E-state index is -0.443. The van der Waals surface area contributed by atoms with E-state index in [1.165, 1.54) is 0 Å². The minimum Gasteiger partial charge on any atom is -0.491 e. The summed E-state index contributed by atoms with van der Waals surface area (Å²) in [5.74, 6) is 1.08. The van der Waals surface area contributed by atoms with E-state index < -0.39 is 5.91 Å². The van der Waals surface area contributed by atoms with Crippen LogP contribution >= 0.6 is 0 Å². The SMILES string of the molecule is CC(C)c1noc(CCC(=O)Nc2ccccc2OCCC(N)=O)n1. The number of hydrogen-bond donors (Lipinski definition) is 2. The molecule has 0 aliphatic heterocycles. The molecule has 0 atom stereocenters. The zero-order chi connectivity index (χ0) is 18.2. The number of hydrogen-bond acceptors (Lipinski definition) is 6. The number of ether oxygens (including phenoxy) is 1. The van der Waals surface area contributed by atoms with Crippen molar-refractivity contribution in [3.63, 3.8) is 0 Å². The second kappa shape index (κ2) is 8.81. The molecule has 25 heavy (non-hydrogen) atoms. The highest BCUT2D eigenvalue weighted by Crippen LogP contribution is 2.24. The molecule has 0 saturated carbocycles. The van der Waals surface area contributed by atoms with Crippen LogP contribution in [0.15, 0.2) is 28.8 Å². The van der Waals surface area contributed by atoms with E-state index in [0.717, 1.165) is 0 Å². The number of benzene rings is 1. The third-order valence-electron chi connectivity index (χ3n) is 3.33. The van der Waals surface area contributed by atoms with Crippen LogP contribution in [0.4, 0.5) is 5.69 Å². The van der Waals surface area contributed by atoms with Gasteiger partial charge in [-0.25, -0.2) is 0 Å². The Labute approximate surface area is 145 Å². The Morgan fingerprint density at radius 2 is 2.04 bits per heavy atom. The second-order valence-electron chi connectivity index (χ2n) is 5.81. The van der Waals surface area contributed by atoms with Gasteiger partial charge < -0.3 is 20.3 Å². The number of carbonyl (C=O) groups is 2. The summed E-state index contributed by atoms with van der Waals surface area (Å²) in [5.41, 5.74) is 5.61. The predicted molar refractivity (Wildman–Crippen MR) is 91.1 cm³/mol. The standard InChI is InChI=1S/C17H22N4O4/c1-11(2)17-20-16(25-21-17)8-7-15(23)19-12-5-3-4-6-13(12)24-10-9-14(18)22/h3-6,11H,7-10H2,1-2H3,(H2,18,22)(H,19,23). The molecule has 0 spiro atoms. The third-order valence-corrected chi connectivity index (χ3v) is 3.33. The first-order valence-electron chi connectivity index (χ1n) is 8.08. The summed E-state index contributed by atoms with van der Waals surface area (Å²) in [7, 11) is 0. The van der Waals surface area contributed by atoms with E-state index >= 15 is 0 Å². The molecule has 0 unspecified atom stereocenters. The Hall–Kier alpha value is -2.90. The molecule has 0 fully saturated rings. The summed E-state index contributed by atoms with van der Waals surface area (Å²) in [6, 6.07) is 7.00. The molecular weight excluding hydrogens is 324 g/mol. The summed E-state index contributed by atoms with van der Waals surface area (Å²) in [4.78, 5) is 27.1. The van der Waals surface area contributed by atoms with Crippen LogP contribution in [0.5, 0.6) is 5.75 Å². The molecule has 0 aliphatic carbocycles. The number of nitrogens with two attached hydrogens (primary N) is 1. The molecule has 1 aromatic heterocycles. The van der Waals surface area contributed by atoms with Crippen LogP contribution in [-0.4, -0.2) is 28.6 Å². The van der Waals surface area contributed by atoms with Crippen molar-refractivity contribution in [2.45, 2.75) is 39.0 Å². The van der Waals surface area contributed by atoms with Crippen LogP contribution in [0, 0.1) is 0 Å². The number of primary amides is 1. The molecule has 8 nitrogen and oxygen atoms in total. The average Bonchev–Trinajstić information content (AvgIpc) is 3.03. The van der Waals surface area contributed by atoms with Gasteiger partial charge in [-0.1, -0.05) is 31.1 Å². The quantitative estimate of drug-likeness (QED) is 0.716. The Bertz CT molecular complexity index is 727. The lowest BCUT2D eigenvalue weighted by Gasteiger charge is -2.11. The first-order valence-corrected chi connectivity index (χ1v) is 8.08. The maximum absolute atomic E-state index is 12.1. The molecule has 8 heteroatoms. The fourth-order valence-electron chi connectivity index (χ4n) is 1.99. The Balaban J connectivity index is 1.88. The number of nitrogens with one attached hydrogen (secondary N) is 1. The van der Waals surface area contributed by atoms with Crippen LogP contribution in [0.3, 0.4) is 0 Å². The van der Waals surface area contributed by atoms with Crippen molar-refractivity contribution >= 4 is 17.5 Å². The minimum absolute atomic E-state index is 0.109. The summed E-state index contributed by atoms with van der Waals surface area (Å²) < 4.78 is 10.6. The smallest absolute Gasteiger partial charge is 0.227 e. The van der Waals surface area contributed by atoms with Crippen LogP contribution < -0.4 is 15.8 Å². The largest absolute Gasteiger partial charge is 0.491 e. The fourth-order valence-corrected chi connectivity index (χ4v) is 1.99. The first kappa shape index (κ1) is 18.4. The summed E-state index contributed by atoms with van der Waals surface area (Å²) in [6.07, 6.45) is 0.670. The molecule has 3 N–H and O–H groups in total. The average molecular weight is 346 g/mol. The fraction of sp³-hybridized carbons (Fsp3) is 0.412. The van der Waals surface area contributed by atoms with Crippen molar-refractivity contribution in [1.29, 1.82) is 0 Å². The van der Waals surface area contributed by atoms with Crippen LogP contribution in [0.2, 0.25) is 0 Å². The number of nitrogens with zero attached hydrogens (tertiary/aromatic N) is 2. The van der Waals surface area contributed by atoms with Gasteiger partial charge in [-0.3, -0.25) is 9.59 Å². The lowest BCUT2D eigenvalue weighted by Crippen LogP contribution is -2.16. The van der Waals surface area contributed by atoms with E-state index in [9.17, 15) is 9.59 Å². The van der Waals surface area contributed by atoms with Crippen LogP contribution in [-0.2, 0) is 16.0 Å². The maximum Gasteiger partial charge on any atom is 0.227 e. The van der Waals surface area contributed by atoms with Crippen molar-refractivity contribution in [1.82, 2.24) is 10.1 Å². The van der Waals surface area contributed by atoms with Crippen molar-refractivity contribution < 1.29 is 18.8 Å². The molecule has 1 aromatic carbocycles. The van der Waals surface area contributed by atoms with E-state index in [0.29, 0.717) is 29.6 Å². The van der Waals surface area contributed by atoms with E-state index in [2.05, 4.69) is 15.5 Å². The molecule has 2 aromatic rings. The summed E-state index contributed by atoms with van der Waals surface area (Å²) >= 11 is 0. The van der Waals surface area contributed by atoms with Gasteiger partial charge in [0.25, 0.3) is 0 Å². The molecule has 2 rings (SSSR count). The van der Waals surface area contributed by atoms with Gasteiger partial charge in [0.15, 0.2) is 5.82 Å². The Kier molecular flexibility index (Phi) is 6.50. The Morgan fingerprint density at radius 3 is 2.72 bits per heavy atom. The lowest BCUT2D eigenvalue weighted by atomic mass is 10.2. The number of carbonyl (C=O) groups excluding carboxylic acids is 2. The monoisotopic (exact) mass is 346 g/mol. The molecule has 1 heterocycles. The molecule has 0 radical (unpaired) electrons. The van der Waals surface area contributed by atoms with Crippen molar-refractivity contribution in [3.05, 3.63) is 36.0 Å². The number of para-hydroxylation sites is 2. The molecule has 134 valence electrons. The summed E-state index contributed by atoms with van der Waals surface area (Å²) in [6.45, 7) is 4.09. The van der Waals surface area contributed by atoms with Crippen LogP contribution in [0.1, 0.15) is 44.3 Å². The van der Waals surface area contributed by atoms with E-state index in [4.69, 9.17) is 15.0 Å². The highest BCUT2D eigenvalue weighted by molar-refractivity contribution is 5.92. The van der Waals surface area contributed by atoms with Gasteiger partial charge >= 0.3 is 0 Å². The van der Waals surface area contributed by atoms with Crippen LogP contribution in [0.25, 0.3) is 0 Å². The molecule has 0 saturated heterocycles. The zero-order valence-corrected chi connectivity index (χ0v) is 14.3. The van der Waals surface area contributed by atoms with Crippen molar-refractivity contribution in [2.75, 3.05) is 11.9 Å².